The SMILES string of the molecule is COC1CCN(C(=O)c2cc3ccccc3oc2=O)c2ccccc21. The van der Waals surface area contributed by atoms with Crippen molar-refractivity contribution in [2.45, 2.75) is 12.5 Å². The van der Waals surface area contributed by atoms with Crippen LogP contribution in [-0.4, -0.2) is 19.6 Å². The zero-order chi connectivity index (χ0) is 17.4. The Morgan fingerprint density at radius 1 is 1.16 bits per heavy atom. The molecule has 126 valence electrons. The molecule has 0 fully saturated rings. The molecule has 2 heterocycles. The Labute approximate surface area is 144 Å². The molecule has 5 nitrogen and oxygen atoms in total. The summed E-state index contributed by atoms with van der Waals surface area (Å²) in [6.07, 6.45) is 0.631. The van der Waals surface area contributed by atoms with Gasteiger partial charge in [-0.1, -0.05) is 36.4 Å². The van der Waals surface area contributed by atoms with Crippen LogP contribution in [0.15, 0.2) is 63.8 Å². The number of hydrogen-bond donors (Lipinski definition) is 0. The lowest BCUT2D eigenvalue weighted by atomic mass is 9.98. The van der Waals surface area contributed by atoms with Crippen molar-refractivity contribution in [3.8, 4) is 0 Å². The highest BCUT2D eigenvalue weighted by Gasteiger charge is 2.30. The van der Waals surface area contributed by atoms with Crippen LogP contribution in [0.4, 0.5) is 5.69 Å². The predicted octanol–water partition coefficient (Wildman–Crippen LogP) is 3.53. The van der Waals surface area contributed by atoms with E-state index in [1.165, 1.54) is 0 Å². The summed E-state index contributed by atoms with van der Waals surface area (Å²) in [5, 5.41) is 0.727. The highest BCUT2D eigenvalue weighted by molar-refractivity contribution is 6.07. The van der Waals surface area contributed by atoms with Crippen molar-refractivity contribution in [2.75, 3.05) is 18.6 Å². The average Bonchev–Trinajstić information content (AvgIpc) is 2.66. The first kappa shape index (κ1) is 15.6. The molecule has 25 heavy (non-hydrogen) atoms. The van der Waals surface area contributed by atoms with Crippen molar-refractivity contribution < 1.29 is 13.9 Å². The van der Waals surface area contributed by atoms with Gasteiger partial charge in [0.2, 0.25) is 0 Å². The highest BCUT2D eigenvalue weighted by atomic mass is 16.5. The third-order valence-corrected chi connectivity index (χ3v) is 4.59. The molecule has 3 aromatic rings. The number of para-hydroxylation sites is 2. The number of amides is 1. The minimum absolute atomic E-state index is 0.0457. The molecule has 1 amide bonds. The number of hydrogen-bond acceptors (Lipinski definition) is 4. The minimum Gasteiger partial charge on any atom is -0.422 e. The zero-order valence-electron chi connectivity index (χ0n) is 13.8. The molecule has 1 atom stereocenters. The van der Waals surface area contributed by atoms with E-state index < -0.39 is 5.63 Å². The van der Waals surface area contributed by atoms with Crippen LogP contribution in [0.5, 0.6) is 0 Å². The number of nitrogens with zero attached hydrogens (tertiary/aromatic N) is 1. The number of carbonyl (C=O) groups excluding carboxylic acids is 1. The van der Waals surface area contributed by atoms with Crippen LogP contribution in [0.25, 0.3) is 11.0 Å². The number of fused-ring (bicyclic) bond motifs is 2. The van der Waals surface area contributed by atoms with Crippen LogP contribution < -0.4 is 10.5 Å². The molecule has 1 aromatic heterocycles. The van der Waals surface area contributed by atoms with Gasteiger partial charge < -0.3 is 14.1 Å². The van der Waals surface area contributed by atoms with Crippen LogP contribution in [-0.2, 0) is 4.74 Å². The van der Waals surface area contributed by atoms with Crippen molar-refractivity contribution in [2.24, 2.45) is 0 Å². The second kappa shape index (κ2) is 6.18. The van der Waals surface area contributed by atoms with Gasteiger partial charge in [-0.25, -0.2) is 4.79 Å². The number of rotatable bonds is 2. The summed E-state index contributed by atoms with van der Waals surface area (Å²) in [6.45, 7) is 0.487. The van der Waals surface area contributed by atoms with E-state index in [4.69, 9.17) is 9.15 Å². The fourth-order valence-electron chi connectivity index (χ4n) is 3.34. The van der Waals surface area contributed by atoms with Crippen molar-refractivity contribution in [1.29, 1.82) is 0 Å². The summed E-state index contributed by atoms with van der Waals surface area (Å²) in [4.78, 5) is 27.0. The van der Waals surface area contributed by atoms with Crippen molar-refractivity contribution in [3.63, 3.8) is 0 Å². The van der Waals surface area contributed by atoms with E-state index in [1.54, 1.807) is 30.2 Å². The smallest absolute Gasteiger partial charge is 0.349 e. The predicted molar refractivity (Wildman–Crippen MR) is 95.0 cm³/mol. The summed E-state index contributed by atoms with van der Waals surface area (Å²) >= 11 is 0. The Kier molecular flexibility index (Phi) is 3.86. The lowest BCUT2D eigenvalue weighted by molar-refractivity contribution is 0.0866. The first-order valence-electron chi connectivity index (χ1n) is 8.15. The second-order valence-corrected chi connectivity index (χ2v) is 6.01. The molecule has 0 N–H and O–H groups in total. The Morgan fingerprint density at radius 3 is 2.76 bits per heavy atom. The molecule has 0 bridgehead atoms. The topological polar surface area (TPSA) is 59.8 Å². The summed E-state index contributed by atoms with van der Waals surface area (Å²) in [6, 6.07) is 16.4. The highest BCUT2D eigenvalue weighted by Crippen LogP contribution is 2.36. The maximum atomic E-state index is 13.0. The summed E-state index contributed by atoms with van der Waals surface area (Å²) in [5.74, 6) is -0.346. The van der Waals surface area contributed by atoms with E-state index in [2.05, 4.69) is 0 Å². The molecule has 5 heteroatoms. The molecule has 0 radical (unpaired) electrons. The molecule has 0 spiro atoms. The quantitative estimate of drug-likeness (QED) is 0.672. The van der Waals surface area contributed by atoms with Crippen LogP contribution in [0, 0.1) is 0 Å². The van der Waals surface area contributed by atoms with E-state index in [9.17, 15) is 9.59 Å². The van der Waals surface area contributed by atoms with E-state index in [0.717, 1.165) is 16.6 Å². The third kappa shape index (κ3) is 2.62. The van der Waals surface area contributed by atoms with Crippen molar-refractivity contribution in [3.05, 3.63) is 76.1 Å². The number of methoxy groups -OCH3 is 1. The van der Waals surface area contributed by atoms with Gasteiger partial charge in [-0.05, 0) is 24.6 Å². The molecule has 1 aliphatic heterocycles. The minimum atomic E-state index is -0.616. The molecule has 0 saturated heterocycles. The Hall–Kier alpha value is -2.92. The fourth-order valence-corrected chi connectivity index (χ4v) is 3.34. The molecule has 1 unspecified atom stereocenters. The van der Waals surface area contributed by atoms with E-state index in [0.29, 0.717) is 18.5 Å². The largest absolute Gasteiger partial charge is 0.422 e. The molecule has 0 saturated carbocycles. The van der Waals surface area contributed by atoms with Crippen LogP contribution in [0.1, 0.15) is 28.4 Å². The van der Waals surface area contributed by atoms with E-state index >= 15 is 0 Å². The number of anilines is 1. The van der Waals surface area contributed by atoms with Gasteiger partial charge in [-0.2, -0.15) is 0 Å². The van der Waals surface area contributed by atoms with Crippen molar-refractivity contribution >= 4 is 22.6 Å². The van der Waals surface area contributed by atoms with Gasteiger partial charge in [0.15, 0.2) is 0 Å². The maximum Gasteiger partial charge on any atom is 0.349 e. The third-order valence-electron chi connectivity index (χ3n) is 4.59. The second-order valence-electron chi connectivity index (χ2n) is 6.01. The van der Waals surface area contributed by atoms with Gasteiger partial charge in [0.25, 0.3) is 5.91 Å². The van der Waals surface area contributed by atoms with E-state index in [1.807, 2.05) is 36.4 Å². The molecule has 2 aromatic carbocycles. The molecular weight excluding hydrogens is 318 g/mol. The summed E-state index contributed by atoms with van der Waals surface area (Å²) in [5.41, 5.74) is 1.63. The first-order valence-corrected chi connectivity index (χ1v) is 8.15. The van der Waals surface area contributed by atoms with Gasteiger partial charge in [-0.15, -0.1) is 0 Å². The molecule has 0 aliphatic carbocycles. The number of carbonyl (C=O) groups is 1. The number of ether oxygens (including phenoxy) is 1. The molecule has 1 aliphatic rings. The monoisotopic (exact) mass is 335 g/mol. The zero-order valence-corrected chi connectivity index (χ0v) is 13.8. The van der Waals surface area contributed by atoms with Gasteiger partial charge >= 0.3 is 5.63 Å². The Bertz CT molecular complexity index is 1010. The average molecular weight is 335 g/mol. The first-order chi connectivity index (χ1) is 12.2. The van der Waals surface area contributed by atoms with Gasteiger partial charge in [-0.3, -0.25) is 4.79 Å². The molecular formula is C20H17NO4. The Balaban J connectivity index is 1.79. The number of benzene rings is 2. The van der Waals surface area contributed by atoms with Gasteiger partial charge in [0.1, 0.15) is 11.1 Å². The van der Waals surface area contributed by atoms with E-state index in [-0.39, 0.29) is 17.6 Å². The van der Waals surface area contributed by atoms with Crippen molar-refractivity contribution in [1.82, 2.24) is 0 Å². The summed E-state index contributed by atoms with van der Waals surface area (Å²) in [7, 11) is 1.66. The maximum absolute atomic E-state index is 13.0. The van der Waals surface area contributed by atoms with Gasteiger partial charge in [0, 0.05) is 30.3 Å². The van der Waals surface area contributed by atoms with Gasteiger partial charge in [0.05, 0.1) is 6.10 Å². The van der Waals surface area contributed by atoms with Crippen LogP contribution >= 0.6 is 0 Å². The lowest BCUT2D eigenvalue weighted by Crippen LogP contribution is -2.39. The fraction of sp³-hybridized carbons (Fsp3) is 0.200. The lowest BCUT2D eigenvalue weighted by Gasteiger charge is -2.33. The van der Waals surface area contributed by atoms with Crippen LogP contribution in [0.2, 0.25) is 0 Å². The van der Waals surface area contributed by atoms with Crippen LogP contribution in [0.3, 0.4) is 0 Å². The molecule has 4 rings (SSSR count). The summed E-state index contributed by atoms with van der Waals surface area (Å²) < 4.78 is 10.8. The standard InChI is InChI=1S/C20H17NO4/c1-24-18-10-11-21(16-8-4-3-7-14(16)18)19(22)15-12-13-6-2-5-9-17(13)25-20(15)23/h2-9,12,18H,10-11H2,1H3. The Morgan fingerprint density at radius 2 is 1.92 bits per heavy atom. The normalized spacial score (nSPS) is 16.7.